The number of hydrogen-bond donors (Lipinski definition) is 2. The highest BCUT2D eigenvalue weighted by atomic mass is 19.4. The molecule has 4 rings (SSSR count). The van der Waals surface area contributed by atoms with E-state index in [0.717, 1.165) is 51.1 Å². The molecule has 0 aliphatic carbocycles. The fraction of sp³-hybridized carbons (Fsp3) is 0.625. The van der Waals surface area contributed by atoms with Crippen molar-refractivity contribution in [2.24, 2.45) is 5.41 Å². The summed E-state index contributed by atoms with van der Waals surface area (Å²) in [6.45, 7) is 7.00. The standard InChI is InChI=1S/C22H31N3O4.C2HF3O2/c1-16-3-4-19(26)18(11-16)21(28)25-7-5-22(6-8-25)12-17(29-15-22)13-24-10-9-23(2)20(27)14-24;3-2(4,5)1(6)7/h3-4,11,17,26H,5-10,12-15H2,1-2H3;(H,6,7). The number of amides is 2. The molecule has 3 heterocycles. The van der Waals surface area contributed by atoms with E-state index in [1.165, 1.54) is 0 Å². The molecule has 200 valence electrons. The highest BCUT2D eigenvalue weighted by Crippen LogP contribution is 2.42. The number of ether oxygens (including phenoxy) is 1. The average molecular weight is 516 g/mol. The lowest BCUT2D eigenvalue weighted by Crippen LogP contribution is -2.50. The minimum atomic E-state index is -5.08. The van der Waals surface area contributed by atoms with Crippen LogP contribution >= 0.6 is 0 Å². The number of rotatable bonds is 3. The minimum Gasteiger partial charge on any atom is -0.507 e. The van der Waals surface area contributed by atoms with Gasteiger partial charge in [-0.3, -0.25) is 14.5 Å². The van der Waals surface area contributed by atoms with Gasteiger partial charge in [0.1, 0.15) is 5.75 Å². The number of aryl methyl sites for hydroxylation is 1. The van der Waals surface area contributed by atoms with Crippen molar-refractivity contribution in [3.63, 3.8) is 0 Å². The van der Waals surface area contributed by atoms with E-state index in [0.29, 0.717) is 25.2 Å². The van der Waals surface area contributed by atoms with E-state index in [2.05, 4.69) is 4.90 Å². The number of carboxylic acid groups (broad SMARTS) is 1. The van der Waals surface area contributed by atoms with Gasteiger partial charge in [0.2, 0.25) is 5.91 Å². The Balaban J connectivity index is 0.000000454. The summed E-state index contributed by atoms with van der Waals surface area (Å²) >= 11 is 0. The minimum absolute atomic E-state index is 0.0480. The van der Waals surface area contributed by atoms with E-state index in [9.17, 15) is 27.9 Å². The summed E-state index contributed by atoms with van der Waals surface area (Å²) in [4.78, 5) is 39.5. The van der Waals surface area contributed by atoms with E-state index in [-0.39, 0.29) is 29.1 Å². The molecule has 3 aliphatic heterocycles. The molecular formula is C24H32F3N3O6. The first-order valence-electron chi connectivity index (χ1n) is 11.8. The number of alkyl halides is 3. The van der Waals surface area contributed by atoms with Crippen LogP contribution in [-0.4, -0.2) is 108 Å². The predicted octanol–water partition coefficient (Wildman–Crippen LogP) is 2.12. The van der Waals surface area contributed by atoms with Crippen molar-refractivity contribution >= 4 is 17.8 Å². The van der Waals surface area contributed by atoms with Crippen LogP contribution in [0.5, 0.6) is 5.75 Å². The smallest absolute Gasteiger partial charge is 0.490 e. The van der Waals surface area contributed by atoms with E-state index >= 15 is 0 Å². The molecule has 3 aliphatic rings. The maximum Gasteiger partial charge on any atom is 0.490 e. The summed E-state index contributed by atoms with van der Waals surface area (Å²) in [6, 6.07) is 5.15. The summed E-state index contributed by atoms with van der Waals surface area (Å²) in [5, 5.41) is 17.2. The van der Waals surface area contributed by atoms with Crippen LogP contribution in [0.25, 0.3) is 0 Å². The molecule has 1 atom stereocenters. The molecule has 1 unspecified atom stereocenters. The van der Waals surface area contributed by atoms with Crippen LogP contribution in [0, 0.1) is 12.3 Å². The van der Waals surface area contributed by atoms with Crippen molar-refractivity contribution in [3.8, 4) is 5.75 Å². The number of halogens is 3. The predicted molar refractivity (Wildman–Crippen MR) is 123 cm³/mol. The van der Waals surface area contributed by atoms with Gasteiger partial charge in [-0.05, 0) is 43.7 Å². The lowest BCUT2D eigenvalue weighted by Gasteiger charge is -2.39. The molecule has 0 bridgehead atoms. The van der Waals surface area contributed by atoms with Crippen molar-refractivity contribution in [2.75, 3.05) is 52.9 Å². The molecule has 3 saturated heterocycles. The molecule has 3 fully saturated rings. The van der Waals surface area contributed by atoms with E-state index < -0.39 is 12.1 Å². The molecule has 1 aromatic rings. The Kier molecular flexibility index (Phi) is 8.50. The first-order chi connectivity index (χ1) is 16.8. The third kappa shape index (κ3) is 6.88. The van der Waals surface area contributed by atoms with Crippen molar-refractivity contribution in [2.45, 2.75) is 38.5 Å². The average Bonchev–Trinajstić information content (AvgIpc) is 3.19. The second-order valence-electron chi connectivity index (χ2n) is 9.80. The van der Waals surface area contributed by atoms with Crippen LogP contribution in [0.4, 0.5) is 13.2 Å². The first-order valence-corrected chi connectivity index (χ1v) is 11.8. The van der Waals surface area contributed by atoms with Gasteiger partial charge in [0.25, 0.3) is 5.91 Å². The van der Waals surface area contributed by atoms with Crippen LogP contribution in [-0.2, 0) is 14.3 Å². The number of likely N-dealkylation sites (tertiary alicyclic amines) is 1. The maximum atomic E-state index is 12.9. The zero-order valence-electron chi connectivity index (χ0n) is 20.4. The Morgan fingerprint density at radius 1 is 1.17 bits per heavy atom. The number of piperazine rings is 1. The van der Waals surface area contributed by atoms with Crippen molar-refractivity contribution < 1.29 is 42.5 Å². The van der Waals surface area contributed by atoms with Gasteiger partial charge >= 0.3 is 12.1 Å². The lowest BCUT2D eigenvalue weighted by molar-refractivity contribution is -0.192. The second kappa shape index (κ2) is 11.0. The number of nitrogens with zero attached hydrogens (tertiary/aromatic N) is 3. The number of aromatic hydroxyl groups is 1. The second-order valence-corrected chi connectivity index (χ2v) is 9.80. The van der Waals surface area contributed by atoms with E-state index in [1.807, 2.05) is 18.9 Å². The van der Waals surface area contributed by atoms with Gasteiger partial charge in [-0.2, -0.15) is 13.2 Å². The molecule has 0 saturated carbocycles. The maximum absolute atomic E-state index is 12.9. The SMILES string of the molecule is Cc1ccc(O)c(C(=O)N2CCC3(CC2)COC(CN2CCN(C)C(=O)C2)C3)c1.O=C(O)C(F)(F)F. The molecule has 9 nitrogen and oxygen atoms in total. The Morgan fingerprint density at radius 3 is 2.39 bits per heavy atom. The number of carbonyl (C=O) groups excluding carboxylic acids is 2. The molecule has 0 radical (unpaired) electrons. The fourth-order valence-corrected chi connectivity index (χ4v) is 4.79. The number of piperidine rings is 1. The number of likely N-dealkylation sites (N-methyl/N-ethyl adjacent to an activating group) is 1. The van der Waals surface area contributed by atoms with Gasteiger partial charge in [0, 0.05) is 39.8 Å². The van der Waals surface area contributed by atoms with Crippen LogP contribution < -0.4 is 0 Å². The van der Waals surface area contributed by atoms with Gasteiger partial charge in [-0.25, -0.2) is 4.79 Å². The summed E-state index contributed by atoms with van der Waals surface area (Å²) in [6.07, 6.45) is -2.09. The fourth-order valence-electron chi connectivity index (χ4n) is 4.79. The number of aliphatic carboxylic acids is 1. The van der Waals surface area contributed by atoms with Crippen molar-refractivity contribution in [1.82, 2.24) is 14.7 Å². The summed E-state index contributed by atoms with van der Waals surface area (Å²) in [7, 11) is 1.85. The van der Waals surface area contributed by atoms with Gasteiger partial charge in [-0.1, -0.05) is 11.6 Å². The van der Waals surface area contributed by atoms with Crippen LogP contribution in [0.1, 0.15) is 35.2 Å². The van der Waals surface area contributed by atoms with E-state index in [4.69, 9.17) is 14.6 Å². The third-order valence-electron chi connectivity index (χ3n) is 7.02. The Bertz CT molecular complexity index is 978. The number of carbonyl (C=O) groups is 3. The molecule has 0 aromatic heterocycles. The largest absolute Gasteiger partial charge is 0.507 e. The Morgan fingerprint density at radius 2 is 1.81 bits per heavy atom. The monoisotopic (exact) mass is 515 g/mol. The van der Waals surface area contributed by atoms with Gasteiger partial charge in [0.15, 0.2) is 0 Å². The number of carboxylic acids is 1. The number of hydrogen-bond acceptors (Lipinski definition) is 6. The zero-order chi connectivity index (χ0) is 26.7. The number of benzene rings is 1. The Hall–Kier alpha value is -2.86. The first kappa shape index (κ1) is 27.7. The van der Waals surface area contributed by atoms with Gasteiger partial charge in [-0.15, -0.1) is 0 Å². The molecule has 36 heavy (non-hydrogen) atoms. The molecular weight excluding hydrogens is 483 g/mol. The summed E-state index contributed by atoms with van der Waals surface area (Å²) in [5.41, 5.74) is 1.49. The zero-order valence-corrected chi connectivity index (χ0v) is 20.4. The van der Waals surface area contributed by atoms with Gasteiger partial charge < -0.3 is 24.7 Å². The van der Waals surface area contributed by atoms with Crippen LogP contribution in [0.15, 0.2) is 18.2 Å². The van der Waals surface area contributed by atoms with Crippen LogP contribution in [0.3, 0.4) is 0 Å². The van der Waals surface area contributed by atoms with Crippen LogP contribution in [0.2, 0.25) is 0 Å². The van der Waals surface area contributed by atoms with Crippen molar-refractivity contribution in [3.05, 3.63) is 29.3 Å². The Labute approximate surface area is 207 Å². The topological polar surface area (TPSA) is 111 Å². The highest BCUT2D eigenvalue weighted by molar-refractivity contribution is 5.97. The van der Waals surface area contributed by atoms with E-state index in [1.54, 1.807) is 23.1 Å². The molecule has 2 N–H and O–H groups in total. The van der Waals surface area contributed by atoms with Crippen molar-refractivity contribution in [1.29, 1.82) is 0 Å². The molecule has 1 spiro atoms. The lowest BCUT2D eigenvalue weighted by atomic mass is 9.76. The van der Waals surface area contributed by atoms with Gasteiger partial charge in [0.05, 0.1) is 24.8 Å². The number of phenolic OH excluding ortho intramolecular Hbond substituents is 1. The summed E-state index contributed by atoms with van der Waals surface area (Å²) < 4.78 is 37.9. The molecule has 1 aromatic carbocycles. The third-order valence-corrected chi connectivity index (χ3v) is 7.02. The summed E-state index contributed by atoms with van der Waals surface area (Å²) in [5.74, 6) is -2.62. The highest BCUT2D eigenvalue weighted by Gasteiger charge is 2.44. The molecule has 2 amide bonds. The quantitative estimate of drug-likeness (QED) is 0.635. The number of phenols is 1. The molecule has 12 heteroatoms. The normalized spacial score (nSPS) is 22.4.